The molecule has 162 valence electrons. The number of para-hydroxylation sites is 1. The number of aromatic nitrogens is 4. The van der Waals surface area contributed by atoms with Crippen molar-refractivity contribution in [3.8, 4) is 17.1 Å². The second kappa shape index (κ2) is 8.76. The SMILES string of the molecule is COc1ncc(-c2ccccc2N2CCN(C(C=O)n3ccc4cnccc43)CC2)cn1. The van der Waals surface area contributed by atoms with E-state index in [1.165, 1.54) is 0 Å². The van der Waals surface area contributed by atoms with E-state index in [0.29, 0.717) is 6.01 Å². The molecule has 4 heterocycles. The van der Waals surface area contributed by atoms with Crippen molar-refractivity contribution in [3.63, 3.8) is 0 Å². The minimum Gasteiger partial charge on any atom is -0.467 e. The van der Waals surface area contributed by atoms with E-state index in [0.717, 1.165) is 60.2 Å². The molecule has 5 rings (SSSR count). The highest BCUT2D eigenvalue weighted by Gasteiger charge is 2.26. The summed E-state index contributed by atoms with van der Waals surface area (Å²) < 4.78 is 7.11. The van der Waals surface area contributed by atoms with Crippen molar-refractivity contribution < 1.29 is 9.53 Å². The quantitative estimate of drug-likeness (QED) is 0.437. The van der Waals surface area contributed by atoms with Crippen molar-refractivity contribution in [1.82, 2.24) is 24.4 Å². The van der Waals surface area contributed by atoms with Gasteiger partial charge in [-0.1, -0.05) is 18.2 Å². The van der Waals surface area contributed by atoms with E-state index >= 15 is 0 Å². The number of aldehydes is 1. The van der Waals surface area contributed by atoms with Crippen molar-refractivity contribution in [2.45, 2.75) is 6.17 Å². The van der Waals surface area contributed by atoms with Gasteiger partial charge >= 0.3 is 6.01 Å². The van der Waals surface area contributed by atoms with Crippen molar-refractivity contribution in [1.29, 1.82) is 0 Å². The molecule has 8 heteroatoms. The molecule has 8 nitrogen and oxygen atoms in total. The monoisotopic (exact) mass is 428 g/mol. The van der Waals surface area contributed by atoms with Gasteiger partial charge in [0.1, 0.15) is 6.17 Å². The Balaban J connectivity index is 1.35. The highest BCUT2D eigenvalue weighted by Crippen LogP contribution is 2.32. The summed E-state index contributed by atoms with van der Waals surface area (Å²) in [6, 6.07) is 12.6. The fraction of sp³-hybridized carbons (Fsp3) is 0.250. The van der Waals surface area contributed by atoms with Crippen molar-refractivity contribution in [2.75, 3.05) is 38.2 Å². The third kappa shape index (κ3) is 3.69. The number of methoxy groups -OCH3 is 1. The summed E-state index contributed by atoms with van der Waals surface area (Å²) in [5.74, 6) is 0. The van der Waals surface area contributed by atoms with Crippen LogP contribution in [0.1, 0.15) is 6.17 Å². The van der Waals surface area contributed by atoms with Crippen LogP contribution in [-0.2, 0) is 4.79 Å². The zero-order valence-electron chi connectivity index (χ0n) is 17.8. The molecule has 0 bridgehead atoms. The number of pyridine rings is 1. The van der Waals surface area contributed by atoms with Gasteiger partial charge in [0.2, 0.25) is 0 Å². The lowest BCUT2D eigenvalue weighted by Gasteiger charge is -2.39. The summed E-state index contributed by atoms with van der Waals surface area (Å²) in [6.07, 6.45) is 9.83. The first kappa shape index (κ1) is 20.1. The maximum Gasteiger partial charge on any atom is 0.316 e. The van der Waals surface area contributed by atoms with Gasteiger partial charge < -0.3 is 14.2 Å². The molecule has 4 aromatic rings. The molecule has 0 saturated carbocycles. The normalized spacial score (nSPS) is 15.6. The number of carbonyl (C=O) groups excluding carboxylic acids is 1. The lowest BCUT2D eigenvalue weighted by molar-refractivity contribution is -0.115. The van der Waals surface area contributed by atoms with Crippen molar-refractivity contribution in [3.05, 3.63) is 67.4 Å². The summed E-state index contributed by atoms with van der Waals surface area (Å²) in [5.41, 5.74) is 4.19. The highest BCUT2D eigenvalue weighted by atomic mass is 16.5. The number of anilines is 1. The van der Waals surface area contributed by atoms with Crippen LogP contribution >= 0.6 is 0 Å². The molecular weight excluding hydrogens is 404 g/mol. The van der Waals surface area contributed by atoms with E-state index in [-0.39, 0.29) is 6.17 Å². The summed E-state index contributed by atoms with van der Waals surface area (Å²) in [6.45, 7) is 3.20. The Morgan fingerprint density at radius 3 is 2.53 bits per heavy atom. The fourth-order valence-corrected chi connectivity index (χ4v) is 4.34. The summed E-state index contributed by atoms with van der Waals surface area (Å²) in [5, 5.41) is 1.04. The highest BCUT2D eigenvalue weighted by molar-refractivity contribution is 5.80. The molecule has 1 saturated heterocycles. The van der Waals surface area contributed by atoms with Gasteiger partial charge in [-0.05, 0) is 18.2 Å². The van der Waals surface area contributed by atoms with E-state index in [1.807, 2.05) is 41.2 Å². The van der Waals surface area contributed by atoms with E-state index < -0.39 is 0 Å². The van der Waals surface area contributed by atoms with Gasteiger partial charge in [-0.15, -0.1) is 0 Å². The summed E-state index contributed by atoms with van der Waals surface area (Å²) in [7, 11) is 1.56. The third-order valence-corrected chi connectivity index (χ3v) is 5.98. The molecular formula is C24H24N6O2. The number of benzene rings is 1. The summed E-state index contributed by atoms with van der Waals surface area (Å²) in [4.78, 5) is 29.3. The first-order valence-corrected chi connectivity index (χ1v) is 10.6. The molecule has 32 heavy (non-hydrogen) atoms. The zero-order valence-corrected chi connectivity index (χ0v) is 17.8. The molecule has 3 aromatic heterocycles. The largest absolute Gasteiger partial charge is 0.467 e. The molecule has 1 aliphatic rings. The maximum absolute atomic E-state index is 12.1. The van der Waals surface area contributed by atoms with E-state index in [2.05, 4.69) is 36.9 Å². The molecule has 1 aromatic carbocycles. The minimum absolute atomic E-state index is 0.331. The second-order valence-electron chi connectivity index (χ2n) is 7.71. The standard InChI is InChI=1S/C24H24N6O2/c1-32-24-26-15-19(16-27-24)20-4-2-3-5-22(20)28-10-12-29(13-11-28)23(17-31)30-9-7-18-14-25-8-6-21(18)30/h2-9,14-17,23H,10-13H2,1H3. The number of carbonyl (C=O) groups is 1. The van der Waals surface area contributed by atoms with Crippen molar-refractivity contribution in [2.24, 2.45) is 0 Å². The Labute approximate surface area is 186 Å². The van der Waals surface area contributed by atoms with Crippen LogP contribution in [0.5, 0.6) is 6.01 Å². The number of rotatable bonds is 6. The zero-order chi connectivity index (χ0) is 21.9. The number of hydrogen-bond donors (Lipinski definition) is 0. The summed E-state index contributed by atoms with van der Waals surface area (Å²) >= 11 is 0. The average molecular weight is 428 g/mol. The molecule has 0 spiro atoms. The van der Waals surface area contributed by atoms with E-state index in [4.69, 9.17) is 4.74 Å². The first-order valence-electron chi connectivity index (χ1n) is 10.6. The number of nitrogens with zero attached hydrogens (tertiary/aromatic N) is 6. The van der Waals surface area contributed by atoms with E-state index in [1.54, 1.807) is 25.7 Å². The van der Waals surface area contributed by atoms with Gasteiger partial charge in [-0.2, -0.15) is 0 Å². The Bertz CT molecular complexity index is 1210. The van der Waals surface area contributed by atoms with Gasteiger partial charge in [0.05, 0.1) is 12.6 Å². The van der Waals surface area contributed by atoms with Crippen LogP contribution in [0.25, 0.3) is 22.0 Å². The maximum atomic E-state index is 12.1. The second-order valence-corrected chi connectivity index (χ2v) is 7.71. The fourth-order valence-electron chi connectivity index (χ4n) is 4.34. The van der Waals surface area contributed by atoms with Gasteiger partial charge in [-0.25, -0.2) is 9.97 Å². The Kier molecular flexibility index (Phi) is 5.51. The van der Waals surface area contributed by atoms with Gasteiger partial charge in [0.25, 0.3) is 0 Å². The Morgan fingerprint density at radius 2 is 1.78 bits per heavy atom. The van der Waals surface area contributed by atoms with Crippen LogP contribution < -0.4 is 9.64 Å². The molecule has 0 amide bonds. The lowest BCUT2D eigenvalue weighted by Crippen LogP contribution is -2.49. The minimum atomic E-state index is -0.331. The molecule has 0 radical (unpaired) electrons. The molecule has 1 atom stereocenters. The molecule has 1 aliphatic heterocycles. The molecule has 0 N–H and O–H groups in total. The number of fused-ring (bicyclic) bond motifs is 1. The number of hydrogen-bond acceptors (Lipinski definition) is 7. The Morgan fingerprint density at radius 1 is 1.00 bits per heavy atom. The van der Waals surface area contributed by atoms with Crippen LogP contribution in [0.2, 0.25) is 0 Å². The average Bonchev–Trinajstić information content (AvgIpc) is 3.29. The van der Waals surface area contributed by atoms with Crippen LogP contribution in [0.4, 0.5) is 5.69 Å². The third-order valence-electron chi connectivity index (χ3n) is 5.98. The van der Waals surface area contributed by atoms with Crippen LogP contribution in [0, 0.1) is 0 Å². The smallest absolute Gasteiger partial charge is 0.316 e. The predicted molar refractivity (Wildman–Crippen MR) is 123 cm³/mol. The van der Waals surface area contributed by atoms with Crippen LogP contribution in [0.3, 0.4) is 0 Å². The lowest BCUT2D eigenvalue weighted by atomic mass is 10.1. The molecule has 1 unspecified atom stereocenters. The van der Waals surface area contributed by atoms with Crippen LogP contribution in [0.15, 0.2) is 67.4 Å². The number of ether oxygens (including phenoxy) is 1. The first-order chi connectivity index (χ1) is 15.8. The van der Waals surface area contributed by atoms with Gasteiger partial charge in [0.15, 0.2) is 6.29 Å². The predicted octanol–water partition coefficient (Wildman–Crippen LogP) is 3.02. The van der Waals surface area contributed by atoms with Crippen LogP contribution in [-0.4, -0.2) is 64.0 Å². The van der Waals surface area contributed by atoms with Gasteiger partial charge in [-0.3, -0.25) is 14.7 Å². The van der Waals surface area contributed by atoms with E-state index in [9.17, 15) is 4.79 Å². The van der Waals surface area contributed by atoms with Crippen molar-refractivity contribution >= 4 is 22.9 Å². The Hall–Kier alpha value is -3.78. The number of piperazine rings is 1. The molecule has 0 aliphatic carbocycles. The van der Waals surface area contributed by atoms with Gasteiger partial charge in [0, 0.05) is 79.4 Å². The molecule has 1 fully saturated rings. The topological polar surface area (TPSA) is 76.4 Å².